The molecule has 0 fully saturated rings. The smallest absolute Gasteiger partial charge is 0.227 e. The van der Waals surface area contributed by atoms with E-state index in [2.05, 4.69) is 45.3 Å². The molecule has 25 heavy (non-hydrogen) atoms. The molecular weight excluding hydrogens is 310 g/mol. The van der Waals surface area contributed by atoms with Gasteiger partial charge < -0.3 is 10.2 Å². The van der Waals surface area contributed by atoms with Crippen molar-refractivity contribution in [2.24, 2.45) is 0 Å². The zero-order valence-corrected chi connectivity index (χ0v) is 14.1. The minimum atomic E-state index is 0.583. The molecule has 3 aromatic rings. The van der Waals surface area contributed by atoms with Gasteiger partial charge in [-0.3, -0.25) is 0 Å². The molecule has 0 spiro atoms. The first kappa shape index (κ1) is 16.5. The van der Waals surface area contributed by atoms with Crippen molar-refractivity contribution in [1.82, 2.24) is 9.97 Å². The Bertz CT molecular complexity index is 871. The van der Waals surface area contributed by atoms with Gasteiger partial charge in [-0.05, 0) is 30.7 Å². The Morgan fingerprint density at radius 1 is 1.04 bits per heavy atom. The Morgan fingerprint density at radius 2 is 1.80 bits per heavy atom. The molecule has 0 radical (unpaired) electrons. The number of aromatic nitrogens is 2. The van der Waals surface area contributed by atoms with Crippen LogP contribution in [0.3, 0.4) is 0 Å². The molecular formula is C20H19N5. The minimum absolute atomic E-state index is 0.583. The summed E-state index contributed by atoms with van der Waals surface area (Å²) in [4.78, 5) is 11.1. The second-order valence-electron chi connectivity index (χ2n) is 5.52. The SMILES string of the molecule is CCN(Cc1ccccc1)c1nccc(Nc2ccccc2C#N)n1. The van der Waals surface area contributed by atoms with Gasteiger partial charge in [0.1, 0.15) is 11.9 Å². The molecule has 0 saturated heterocycles. The van der Waals surface area contributed by atoms with Gasteiger partial charge in [-0.1, -0.05) is 42.5 Å². The van der Waals surface area contributed by atoms with Crippen LogP contribution >= 0.6 is 0 Å². The van der Waals surface area contributed by atoms with E-state index in [4.69, 9.17) is 0 Å². The number of anilines is 3. The first-order valence-electron chi connectivity index (χ1n) is 8.18. The van der Waals surface area contributed by atoms with Crippen LogP contribution in [0, 0.1) is 11.3 Å². The zero-order chi connectivity index (χ0) is 17.5. The fraction of sp³-hybridized carbons (Fsp3) is 0.150. The van der Waals surface area contributed by atoms with E-state index in [1.165, 1.54) is 5.56 Å². The van der Waals surface area contributed by atoms with E-state index >= 15 is 0 Å². The molecule has 1 aromatic heterocycles. The summed E-state index contributed by atoms with van der Waals surface area (Å²) in [5.74, 6) is 1.32. The number of para-hydroxylation sites is 1. The standard InChI is InChI=1S/C20H19N5/c1-2-25(15-16-8-4-3-5-9-16)20-22-13-12-19(24-20)23-18-11-7-6-10-17(18)14-21/h3-13H,2,15H2,1H3,(H,22,23,24). The third kappa shape index (κ3) is 4.12. The van der Waals surface area contributed by atoms with E-state index in [0.29, 0.717) is 17.3 Å². The molecule has 0 aliphatic carbocycles. The number of hydrogen-bond acceptors (Lipinski definition) is 5. The van der Waals surface area contributed by atoms with Crippen LogP contribution < -0.4 is 10.2 Å². The first-order valence-corrected chi connectivity index (χ1v) is 8.18. The average Bonchev–Trinajstić information content (AvgIpc) is 2.67. The summed E-state index contributed by atoms with van der Waals surface area (Å²) in [5, 5.41) is 12.4. The lowest BCUT2D eigenvalue weighted by Gasteiger charge is -2.21. The highest BCUT2D eigenvalue weighted by molar-refractivity contribution is 5.64. The van der Waals surface area contributed by atoms with Gasteiger partial charge in [0.2, 0.25) is 5.95 Å². The molecule has 5 nitrogen and oxygen atoms in total. The van der Waals surface area contributed by atoms with Crippen LogP contribution in [-0.4, -0.2) is 16.5 Å². The molecule has 2 aromatic carbocycles. The molecule has 124 valence electrons. The number of rotatable bonds is 6. The van der Waals surface area contributed by atoms with Gasteiger partial charge in [-0.15, -0.1) is 0 Å². The quantitative estimate of drug-likeness (QED) is 0.737. The van der Waals surface area contributed by atoms with Crippen LogP contribution in [0.4, 0.5) is 17.5 Å². The normalized spacial score (nSPS) is 10.1. The third-order valence-electron chi connectivity index (χ3n) is 3.83. The van der Waals surface area contributed by atoms with Crippen molar-refractivity contribution >= 4 is 17.5 Å². The predicted molar refractivity (Wildman–Crippen MR) is 99.6 cm³/mol. The Balaban J connectivity index is 1.81. The van der Waals surface area contributed by atoms with Gasteiger partial charge in [0.15, 0.2) is 0 Å². The van der Waals surface area contributed by atoms with Crippen LogP contribution in [0.25, 0.3) is 0 Å². The summed E-state index contributed by atoms with van der Waals surface area (Å²) >= 11 is 0. The fourth-order valence-corrected chi connectivity index (χ4v) is 2.53. The average molecular weight is 329 g/mol. The van der Waals surface area contributed by atoms with Crippen LogP contribution in [0.2, 0.25) is 0 Å². The Labute approximate surface area is 147 Å². The Hall–Kier alpha value is -3.39. The van der Waals surface area contributed by atoms with Crippen molar-refractivity contribution in [3.8, 4) is 6.07 Å². The lowest BCUT2D eigenvalue weighted by molar-refractivity contribution is 0.792. The van der Waals surface area contributed by atoms with Crippen LogP contribution in [-0.2, 0) is 6.54 Å². The highest BCUT2D eigenvalue weighted by Crippen LogP contribution is 2.20. The summed E-state index contributed by atoms with van der Waals surface area (Å²) in [6, 6.07) is 21.6. The minimum Gasteiger partial charge on any atom is -0.339 e. The lowest BCUT2D eigenvalue weighted by atomic mass is 10.2. The number of hydrogen-bond donors (Lipinski definition) is 1. The molecule has 0 aliphatic rings. The van der Waals surface area contributed by atoms with Gasteiger partial charge >= 0.3 is 0 Å². The second kappa shape index (κ2) is 7.93. The zero-order valence-electron chi connectivity index (χ0n) is 14.1. The summed E-state index contributed by atoms with van der Waals surface area (Å²) < 4.78 is 0. The molecule has 3 rings (SSSR count). The van der Waals surface area contributed by atoms with Crippen LogP contribution in [0.15, 0.2) is 66.9 Å². The van der Waals surface area contributed by atoms with Crippen molar-refractivity contribution in [3.05, 3.63) is 78.0 Å². The molecule has 0 saturated carbocycles. The summed E-state index contributed by atoms with van der Waals surface area (Å²) in [5.41, 5.74) is 2.53. The van der Waals surface area contributed by atoms with E-state index < -0.39 is 0 Å². The second-order valence-corrected chi connectivity index (χ2v) is 5.52. The van der Waals surface area contributed by atoms with Crippen molar-refractivity contribution in [3.63, 3.8) is 0 Å². The van der Waals surface area contributed by atoms with Crippen molar-refractivity contribution in [2.75, 3.05) is 16.8 Å². The molecule has 0 aliphatic heterocycles. The van der Waals surface area contributed by atoms with Gasteiger partial charge in [-0.2, -0.15) is 10.2 Å². The van der Waals surface area contributed by atoms with E-state index in [1.54, 1.807) is 18.3 Å². The monoisotopic (exact) mass is 329 g/mol. The van der Waals surface area contributed by atoms with Gasteiger partial charge in [0.25, 0.3) is 0 Å². The number of benzene rings is 2. The van der Waals surface area contributed by atoms with Crippen molar-refractivity contribution in [1.29, 1.82) is 5.26 Å². The van der Waals surface area contributed by atoms with E-state index in [0.717, 1.165) is 18.8 Å². The Kier molecular flexibility index (Phi) is 5.22. The lowest BCUT2D eigenvalue weighted by Crippen LogP contribution is -2.24. The van der Waals surface area contributed by atoms with E-state index in [-0.39, 0.29) is 0 Å². The topological polar surface area (TPSA) is 64.8 Å². The summed E-state index contributed by atoms with van der Waals surface area (Å²) in [6.07, 6.45) is 1.73. The van der Waals surface area contributed by atoms with E-state index in [1.807, 2.05) is 36.4 Å². The maximum atomic E-state index is 9.21. The summed E-state index contributed by atoms with van der Waals surface area (Å²) in [6.45, 7) is 3.63. The molecule has 0 amide bonds. The largest absolute Gasteiger partial charge is 0.339 e. The maximum Gasteiger partial charge on any atom is 0.227 e. The maximum absolute atomic E-state index is 9.21. The van der Waals surface area contributed by atoms with E-state index in [9.17, 15) is 5.26 Å². The van der Waals surface area contributed by atoms with Crippen molar-refractivity contribution < 1.29 is 0 Å². The first-order chi connectivity index (χ1) is 12.3. The number of nitriles is 1. The molecule has 0 atom stereocenters. The fourth-order valence-electron chi connectivity index (χ4n) is 2.53. The molecule has 1 N–H and O–H groups in total. The number of nitrogens with one attached hydrogen (secondary N) is 1. The highest BCUT2D eigenvalue weighted by Gasteiger charge is 2.10. The molecule has 0 unspecified atom stereocenters. The van der Waals surface area contributed by atoms with Crippen LogP contribution in [0.5, 0.6) is 0 Å². The summed E-state index contributed by atoms with van der Waals surface area (Å²) in [7, 11) is 0. The molecule has 5 heteroatoms. The highest BCUT2D eigenvalue weighted by atomic mass is 15.3. The van der Waals surface area contributed by atoms with Crippen molar-refractivity contribution in [2.45, 2.75) is 13.5 Å². The third-order valence-corrected chi connectivity index (χ3v) is 3.83. The number of nitrogens with zero attached hydrogens (tertiary/aromatic N) is 4. The molecule has 1 heterocycles. The van der Waals surface area contributed by atoms with Gasteiger partial charge in [0, 0.05) is 19.3 Å². The van der Waals surface area contributed by atoms with Gasteiger partial charge in [-0.25, -0.2) is 4.98 Å². The molecule has 0 bridgehead atoms. The Morgan fingerprint density at radius 3 is 2.56 bits per heavy atom. The van der Waals surface area contributed by atoms with Crippen LogP contribution in [0.1, 0.15) is 18.1 Å². The van der Waals surface area contributed by atoms with Gasteiger partial charge in [0.05, 0.1) is 11.3 Å². The predicted octanol–water partition coefficient (Wildman–Crippen LogP) is 4.12.